The molecule has 0 spiro atoms. The van der Waals surface area contributed by atoms with Gasteiger partial charge in [-0.2, -0.15) is 0 Å². The van der Waals surface area contributed by atoms with Crippen LogP contribution in [0, 0.1) is 0 Å². The highest BCUT2D eigenvalue weighted by Gasteiger charge is 2.05. The van der Waals surface area contributed by atoms with Gasteiger partial charge in [0.15, 0.2) is 0 Å². The fraction of sp³-hybridized carbons (Fsp3) is 0.500. The van der Waals surface area contributed by atoms with Gasteiger partial charge in [-0.05, 0) is 37.5 Å². The largest absolute Gasteiger partial charge is 0.492 e. The minimum atomic E-state index is 0.209. The maximum Gasteiger partial charge on any atom is 0.138 e. The lowest BCUT2D eigenvalue weighted by Gasteiger charge is -2.11. The number of nitrogens with two attached hydrogens (primary N) is 1. The van der Waals surface area contributed by atoms with Crippen molar-refractivity contribution in [3.8, 4) is 5.75 Å². The molecule has 1 aromatic rings. The smallest absolute Gasteiger partial charge is 0.138 e. The molecule has 2 nitrogen and oxygen atoms in total. The van der Waals surface area contributed by atoms with Gasteiger partial charge in [0.2, 0.25) is 0 Å². The molecule has 2 N–H and O–H groups in total. The molecule has 84 valence electrons. The zero-order chi connectivity index (χ0) is 11.3. The number of benzene rings is 1. The minimum Gasteiger partial charge on any atom is -0.492 e. The first-order valence-electron chi connectivity index (χ1n) is 5.34. The lowest BCUT2D eigenvalue weighted by molar-refractivity contribution is 0.340. The summed E-state index contributed by atoms with van der Waals surface area (Å²) in [7, 11) is 0. The molecule has 0 amide bonds. The summed E-state index contributed by atoms with van der Waals surface area (Å²) in [4.78, 5) is 0. The SMILES string of the molecule is CCOc1cc(C[C@H](N)CC)ccc1Cl. The van der Waals surface area contributed by atoms with Gasteiger partial charge in [-0.3, -0.25) is 0 Å². The molecule has 15 heavy (non-hydrogen) atoms. The molecule has 0 fully saturated rings. The van der Waals surface area contributed by atoms with E-state index in [-0.39, 0.29) is 6.04 Å². The molecule has 0 saturated carbocycles. The maximum absolute atomic E-state index is 5.99. The molecule has 1 rings (SSSR count). The van der Waals surface area contributed by atoms with Crippen LogP contribution in [0.1, 0.15) is 25.8 Å². The predicted molar refractivity (Wildman–Crippen MR) is 64.6 cm³/mol. The maximum atomic E-state index is 5.99. The van der Waals surface area contributed by atoms with E-state index in [4.69, 9.17) is 22.1 Å². The van der Waals surface area contributed by atoms with Crippen LogP contribution in [0.15, 0.2) is 18.2 Å². The summed E-state index contributed by atoms with van der Waals surface area (Å²) in [5.74, 6) is 0.750. The third-order valence-corrected chi connectivity index (χ3v) is 2.63. The fourth-order valence-electron chi connectivity index (χ4n) is 1.39. The summed E-state index contributed by atoms with van der Waals surface area (Å²) in [5, 5.41) is 0.658. The van der Waals surface area contributed by atoms with Crippen LogP contribution in [0.3, 0.4) is 0 Å². The van der Waals surface area contributed by atoms with Gasteiger partial charge in [0.05, 0.1) is 11.6 Å². The summed E-state index contributed by atoms with van der Waals surface area (Å²) >= 11 is 5.99. The molecule has 0 heterocycles. The number of ether oxygens (including phenoxy) is 1. The lowest BCUT2D eigenvalue weighted by atomic mass is 10.0. The van der Waals surface area contributed by atoms with Crippen molar-refractivity contribution >= 4 is 11.6 Å². The molecule has 3 heteroatoms. The van der Waals surface area contributed by atoms with Crippen molar-refractivity contribution in [1.29, 1.82) is 0 Å². The van der Waals surface area contributed by atoms with E-state index < -0.39 is 0 Å². The average Bonchev–Trinajstić information content (AvgIpc) is 2.23. The van der Waals surface area contributed by atoms with Crippen molar-refractivity contribution in [1.82, 2.24) is 0 Å². The van der Waals surface area contributed by atoms with Gasteiger partial charge in [0.25, 0.3) is 0 Å². The Hall–Kier alpha value is -0.730. The average molecular weight is 228 g/mol. The Balaban J connectivity index is 2.77. The second-order valence-corrected chi connectivity index (χ2v) is 3.98. The zero-order valence-corrected chi connectivity index (χ0v) is 10.1. The molecule has 1 atom stereocenters. The molecular weight excluding hydrogens is 210 g/mol. The summed E-state index contributed by atoms with van der Waals surface area (Å²) < 4.78 is 5.42. The van der Waals surface area contributed by atoms with Crippen molar-refractivity contribution < 1.29 is 4.74 Å². The number of hydrogen-bond acceptors (Lipinski definition) is 2. The Morgan fingerprint density at radius 1 is 1.40 bits per heavy atom. The standard InChI is InChI=1S/C12H18ClNO/c1-3-10(14)7-9-5-6-11(13)12(8-9)15-4-2/h5-6,8,10H,3-4,7,14H2,1-2H3/t10-/m1/s1. The van der Waals surface area contributed by atoms with Crippen molar-refractivity contribution in [2.75, 3.05) is 6.61 Å². The van der Waals surface area contributed by atoms with Crippen LogP contribution in [0.4, 0.5) is 0 Å². The Kier molecular flexibility index (Phi) is 4.92. The second-order valence-electron chi connectivity index (χ2n) is 3.57. The van der Waals surface area contributed by atoms with E-state index in [2.05, 4.69) is 6.92 Å². The van der Waals surface area contributed by atoms with Crippen LogP contribution in [0.2, 0.25) is 5.02 Å². The number of rotatable bonds is 5. The molecule has 0 bridgehead atoms. The van der Waals surface area contributed by atoms with Crippen molar-refractivity contribution in [2.45, 2.75) is 32.7 Å². The molecule has 1 aromatic carbocycles. The van der Waals surface area contributed by atoms with E-state index in [0.29, 0.717) is 11.6 Å². The van der Waals surface area contributed by atoms with E-state index in [1.807, 2.05) is 25.1 Å². The highest BCUT2D eigenvalue weighted by molar-refractivity contribution is 6.32. The summed E-state index contributed by atoms with van der Waals surface area (Å²) in [6, 6.07) is 6.05. The van der Waals surface area contributed by atoms with Crippen LogP contribution < -0.4 is 10.5 Å². The van der Waals surface area contributed by atoms with Crippen molar-refractivity contribution in [3.63, 3.8) is 0 Å². The molecule has 0 aliphatic rings. The van der Waals surface area contributed by atoms with E-state index >= 15 is 0 Å². The topological polar surface area (TPSA) is 35.2 Å². The van der Waals surface area contributed by atoms with Crippen LogP contribution >= 0.6 is 11.6 Å². The van der Waals surface area contributed by atoms with Gasteiger partial charge >= 0.3 is 0 Å². The van der Waals surface area contributed by atoms with Gasteiger partial charge < -0.3 is 10.5 Å². The molecule has 0 aromatic heterocycles. The molecule has 0 radical (unpaired) electrons. The Bertz CT molecular complexity index is 314. The molecule has 0 saturated heterocycles. The molecule has 0 unspecified atom stereocenters. The Morgan fingerprint density at radius 3 is 2.73 bits per heavy atom. The van der Waals surface area contributed by atoms with Crippen LogP contribution in [0.25, 0.3) is 0 Å². The van der Waals surface area contributed by atoms with Gasteiger partial charge in [0.1, 0.15) is 5.75 Å². The summed E-state index contributed by atoms with van der Waals surface area (Å²) in [5.41, 5.74) is 7.07. The Morgan fingerprint density at radius 2 is 2.13 bits per heavy atom. The fourth-order valence-corrected chi connectivity index (χ4v) is 1.56. The van der Waals surface area contributed by atoms with Gasteiger partial charge in [-0.15, -0.1) is 0 Å². The monoisotopic (exact) mass is 227 g/mol. The minimum absolute atomic E-state index is 0.209. The van der Waals surface area contributed by atoms with Gasteiger partial charge in [-0.1, -0.05) is 24.6 Å². The summed E-state index contributed by atoms with van der Waals surface area (Å²) in [6.45, 7) is 4.66. The van der Waals surface area contributed by atoms with E-state index in [0.717, 1.165) is 18.6 Å². The quantitative estimate of drug-likeness (QED) is 0.839. The number of hydrogen-bond donors (Lipinski definition) is 1. The molecule has 0 aliphatic carbocycles. The molecule has 0 aliphatic heterocycles. The Labute approximate surface area is 96.4 Å². The zero-order valence-electron chi connectivity index (χ0n) is 9.29. The van der Waals surface area contributed by atoms with Crippen LogP contribution in [0.5, 0.6) is 5.75 Å². The van der Waals surface area contributed by atoms with Gasteiger partial charge in [0, 0.05) is 6.04 Å². The first kappa shape index (κ1) is 12.3. The number of halogens is 1. The first-order chi connectivity index (χ1) is 7.17. The van der Waals surface area contributed by atoms with Crippen molar-refractivity contribution in [3.05, 3.63) is 28.8 Å². The summed E-state index contributed by atoms with van der Waals surface area (Å²) in [6.07, 6.45) is 1.85. The van der Waals surface area contributed by atoms with Crippen LogP contribution in [-0.4, -0.2) is 12.6 Å². The highest BCUT2D eigenvalue weighted by atomic mass is 35.5. The second kappa shape index (κ2) is 5.99. The first-order valence-corrected chi connectivity index (χ1v) is 5.72. The predicted octanol–water partition coefficient (Wildman–Crippen LogP) is 3.02. The van der Waals surface area contributed by atoms with Crippen LogP contribution in [-0.2, 0) is 6.42 Å². The lowest BCUT2D eigenvalue weighted by Crippen LogP contribution is -2.21. The third-order valence-electron chi connectivity index (χ3n) is 2.32. The van der Waals surface area contributed by atoms with E-state index in [1.165, 1.54) is 5.56 Å². The van der Waals surface area contributed by atoms with Gasteiger partial charge in [-0.25, -0.2) is 0 Å². The van der Waals surface area contributed by atoms with E-state index in [1.54, 1.807) is 0 Å². The van der Waals surface area contributed by atoms with E-state index in [9.17, 15) is 0 Å². The normalized spacial score (nSPS) is 12.5. The highest BCUT2D eigenvalue weighted by Crippen LogP contribution is 2.26. The molecular formula is C12H18ClNO. The third kappa shape index (κ3) is 3.73. The van der Waals surface area contributed by atoms with Crippen molar-refractivity contribution in [2.24, 2.45) is 5.73 Å².